The molecule has 0 saturated carbocycles. The molecule has 1 aliphatic rings. The highest BCUT2D eigenvalue weighted by atomic mass is 19.2. The van der Waals surface area contributed by atoms with E-state index >= 15 is 0 Å². The predicted molar refractivity (Wildman–Crippen MR) is 101 cm³/mol. The van der Waals surface area contributed by atoms with E-state index in [9.17, 15) is 22.4 Å². The van der Waals surface area contributed by atoms with Gasteiger partial charge in [0.05, 0.1) is 17.8 Å². The van der Waals surface area contributed by atoms with Crippen molar-refractivity contribution in [2.45, 2.75) is 32.9 Å². The minimum absolute atomic E-state index is 0.0382. The van der Waals surface area contributed by atoms with Crippen molar-refractivity contribution < 1.29 is 26.9 Å². The largest absolute Gasteiger partial charge is 0.356 e. The lowest BCUT2D eigenvalue weighted by atomic mass is 9.97. The van der Waals surface area contributed by atoms with E-state index in [2.05, 4.69) is 10.5 Å². The first kappa shape index (κ1) is 19.9. The van der Waals surface area contributed by atoms with Crippen molar-refractivity contribution in [1.29, 1.82) is 0 Å². The van der Waals surface area contributed by atoms with Gasteiger partial charge in [0.2, 0.25) is 0 Å². The second-order valence-corrected chi connectivity index (χ2v) is 7.26. The van der Waals surface area contributed by atoms with Crippen molar-refractivity contribution >= 4 is 11.7 Å². The standard InChI is InChI=1S/C21H17F4N3O2/c1-10-5-13(8-17(24)19(10)25)26-21(29)28-9-15-18(6-11(28)2)27-30-20(15)14-4-3-12(22)7-16(14)23/h3-5,7-8,11H,6,9H2,1-2H3,(H,26,29)/t11-/m1/s1. The van der Waals surface area contributed by atoms with Gasteiger partial charge in [-0.1, -0.05) is 5.16 Å². The van der Waals surface area contributed by atoms with Gasteiger partial charge < -0.3 is 14.7 Å². The number of amides is 2. The third-order valence-corrected chi connectivity index (χ3v) is 5.12. The number of nitrogens with zero attached hydrogens (tertiary/aromatic N) is 2. The fraction of sp³-hybridized carbons (Fsp3) is 0.238. The average Bonchev–Trinajstić information content (AvgIpc) is 3.07. The van der Waals surface area contributed by atoms with Crippen LogP contribution in [-0.2, 0) is 13.0 Å². The first-order valence-electron chi connectivity index (χ1n) is 9.20. The molecule has 1 aromatic heterocycles. The molecule has 156 valence electrons. The highest BCUT2D eigenvalue weighted by Crippen LogP contribution is 2.34. The van der Waals surface area contributed by atoms with Crippen LogP contribution >= 0.6 is 0 Å². The molecule has 3 aromatic rings. The molecule has 9 heteroatoms. The van der Waals surface area contributed by atoms with Gasteiger partial charge in [0, 0.05) is 35.8 Å². The fourth-order valence-electron chi connectivity index (χ4n) is 3.53. The number of aromatic nitrogens is 1. The Morgan fingerprint density at radius 2 is 1.93 bits per heavy atom. The maximum Gasteiger partial charge on any atom is 0.322 e. The number of halogens is 4. The zero-order chi connectivity index (χ0) is 21.6. The maximum atomic E-state index is 14.2. The minimum Gasteiger partial charge on any atom is -0.356 e. The summed E-state index contributed by atoms with van der Waals surface area (Å²) >= 11 is 0. The van der Waals surface area contributed by atoms with E-state index in [1.807, 2.05) is 0 Å². The van der Waals surface area contributed by atoms with Crippen LogP contribution in [0.3, 0.4) is 0 Å². The fourth-order valence-corrected chi connectivity index (χ4v) is 3.53. The van der Waals surface area contributed by atoms with E-state index in [-0.39, 0.29) is 35.2 Å². The van der Waals surface area contributed by atoms with Gasteiger partial charge in [0.1, 0.15) is 11.6 Å². The van der Waals surface area contributed by atoms with Gasteiger partial charge in [-0.2, -0.15) is 0 Å². The van der Waals surface area contributed by atoms with E-state index in [1.165, 1.54) is 24.0 Å². The summed E-state index contributed by atoms with van der Waals surface area (Å²) in [5, 5.41) is 6.53. The molecule has 5 nitrogen and oxygen atoms in total. The van der Waals surface area contributed by atoms with Crippen molar-refractivity contribution in [3.8, 4) is 11.3 Å². The Morgan fingerprint density at radius 1 is 1.17 bits per heavy atom. The van der Waals surface area contributed by atoms with Crippen LogP contribution in [0.4, 0.5) is 28.0 Å². The molecule has 0 unspecified atom stereocenters. The molecule has 0 bridgehead atoms. The Kier molecular flexibility index (Phi) is 4.97. The normalized spacial score (nSPS) is 15.8. The van der Waals surface area contributed by atoms with Gasteiger partial charge in [-0.3, -0.25) is 0 Å². The number of benzene rings is 2. The van der Waals surface area contributed by atoms with Crippen LogP contribution in [-0.4, -0.2) is 22.1 Å². The molecule has 0 fully saturated rings. The van der Waals surface area contributed by atoms with Gasteiger partial charge in [-0.05, 0) is 37.6 Å². The second kappa shape index (κ2) is 7.47. The molecule has 2 aromatic carbocycles. The molecule has 0 aliphatic carbocycles. The van der Waals surface area contributed by atoms with Crippen LogP contribution in [0.1, 0.15) is 23.7 Å². The third kappa shape index (κ3) is 3.51. The average molecular weight is 419 g/mol. The Morgan fingerprint density at radius 3 is 2.63 bits per heavy atom. The van der Waals surface area contributed by atoms with Gasteiger partial charge >= 0.3 is 6.03 Å². The number of hydrogen-bond acceptors (Lipinski definition) is 3. The third-order valence-electron chi connectivity index (χ3n) is 5.12. The number of fused-ring (bicyclic) bond motifs is 1. The monoisotopic (exact) mass is 419 g/mol. The van der Waals surface area contributed by atoms with Crippen molar-refractivity contribution in [2.75, 3.05) is 5.32 Å². The summed E-state index contributed by atoms with van der Waals surface area (Å²) < 4.78 is 59.9. The molecule has 1 aliphatic heterocycles. The molecule has 0 radical (unpaired) electrons. The summed E-state index contributed by atoms with van der Waals surface area (Å²) in [7, 11) is 0. The van der Waals surface area contributed by atoms with E-state index in [1.54, 1.807) is 6.92 Å². The summed E-state index contributed by atoms with van der Waals surface area (Å²) in [6, 6.07) is 4.51. The van der Waals surface area contributed by atoms with Gasteiger partial charge in [-0.15, -0.1) is 0 Å². The molecule has 4 rings (SSSR count). The number of urea groups is 1. The molecular weight excluding hydrogens is 402 g/mol. The Bertz CT molecular complexity index is 1120. The number of hydrogen-bond donors (Lipinski definition) is 1. The Hall–Kier alpha value is -3.36. The Balaban J connectivity index is 1.61. The molecule has 30 heavy (non-hydrogen) atoms. The predicted octanol–water partition coefficient (Wildman–Crippen LogP) is 5.19. The van der Waals surface area contributed by atoms with Gasteiger partial charge in [0.15, 0.2) is 17.4 Å². The number of nitrogens with one attached hydrogen (secondary N) is 1. The smallest absolute Gasteiger partial charge is 0.322 e. The Labute approximate surface area is 169 Å². The van der Waals surface area contributed by atoms with Crippen molar-refractivity contribution in [2.24, 2.45) is 0 Å². The molecule has 2 heterocycles. The summed E-state index contributed by atoms with van der Waals surface area (Å²) in [5.74, 6) is -3.44. The van der Waals surface area contributed by atoms with Crippen LogP contribution < -0.4 is 5.32 Å². The molecule has 0 spiro atoms. The summed E-state index contributed by atoms with van der Waals surface area (Å²) in [6.07, 6.45) is 0.353. The van der Waals surface area contributed by atoms with Crippen LogP contribution in [0.2, 0.25) is 0 Å². The first-order chi connectivity index (χ1) is 14.2. The number of carbonyl (C=O) groups is 1. The zero-order valence-corrected chi connectivity index (χ0v) is 16.1. The second-order valence-electron chi connectivity index (χ2n) is 7.26. The maximum absolute atomic E-state index is 14.2. The van der Waals surface area contributed by atoms with Crippen molar-refractivity contribution in [3.05, 3.63) is 70.4 Å². The van der Waals surface area contributed by atoms with Gasteiger partial charge in [0.25, 0.3) is 0 Å². The molecular formula is C21H17F4N3O2. The summed E-state index contributed by atoms with van der Waals surface area (Å²) in [6.45, 7) is 3.25. The molecule has 0 saturated heterocycles. The van der Waals surface area contributed by atoms with E-state index in [0.29, 0.717) is 17.7 Å². The van der Waals surface area contributed by atoms with Crippen LogP contribution in [0, 0.1) is 30.2 Å². The minimum atomic E-state index is -1.06. The first-order valence-corrected chi connectivity index (χ1v) is 9.20. The van der Waals surface area contributed by atoms with Crippen molar-refractivity contribution in [3.63, 3.8) is 0 Å². The highest BCUT2D eigenvalue weighted by molar-refractivity contribution is 5.90. The van der Waals surface area contributed by atoms with Crippen LogP contribution in [0.5, 0.6) is 0 Å². The summed E-state index contributed by atoms with van der Waals surface area (Å²) in [5.41, 5.74) is 1.30. The zero-order valence-electron chi connectivity index (χ0n) is 16.1. The topological polar surface area (TPSA) is 58.4 Å². The van der Waals surface area contributed by atoms with E-state index < -0.39 is 29.3 Å². The summed E-state index contributed by atoms with van der Waals surface area (Å²) in [4.78, 5) is 14.3. The van der Waals surface area contributed by atoms with E-state index in [4.69, 9.17) is 4.52 Å². The number of aryl methyl sites for hydroxylation is 1. The van der Waals surface area contributed by atoms with Gasteiger partial charge in [-0.25, -0.2) is 22.4 Å². The quantitative estimate of drug-likeness (QED) is 0.582. The van der Waals surface area contributed by atoms with Crippen LogP contribution in [0.15, 0.2) is 34.9 Å². The molecule has 1 N–H and O–H groups in total. The highest BCUT2D eigenvalue weighted by Gasteiger charge is 2.33. The molecule has 2 amide bonds. The number of rotatable bonds is 2. The van der Waals surface area contributed by atoms with Crippen molar-refractivity contribution in [1.82, 2.24) is 10.1 Å². The lowest BCUT2D eigenvalue weighted by molar-refractivity contribution is 0.182. The molecule has 1 atom stereocenters. The number of carbonyl (C=O) groups excluding carboxylic acids is 1. The van der Waals surface area contributed by atoms with E-state index in [0.717, 1.165) is 18.2 Å². The lowest BCUT2D eigenvalue weighted by Gasteiger charge is -2.32. The lowest BCUT2D eigenvalue weighted by Crippen LogP contribution is -2.44. The number of anilines is 1. The van der Waals surface area contributed by atoms with Crippen LogP contribution in [0.25, 0.3) is 11.3 Å². The SMILES string of the molecule is Cc1cc(NC(=O)N2Cc3c(noc3-c3ccc(F)cc3F)C[C@H]2C)cc(F)c1F.